The van der Waals surface area contributed by atoms with Gasteiger partial charge in [0.15, 0.2) is 0 Å². The molecule has 0 bridgehead atoms. The number of aromatic nitrogens is 4. The highest BCUT2D eigenvalue weighted by molar-refractivity contribution is 7.05. The van der Waals surface area contributed by atoms with Crippen LogP contribution in [0.4, 0.5) is 0 Å². The Bertz CT molecular complexity index is 538. The summed E-state index contributed by atoms with van der Waals surface area (Å²) in [7, 11) is 1.91. The van der Waals surface area contributed by atoms with Crippen LogP contribution in [0.3, 0.4) is 0 Å². The Morgan fingerprint density at radius 1 is 1.47 bits per heavy atom. The van der Waals surface area contributed by atoms with Crippen molar-refractivity contribution in [3.05, 3.63) is 28.5 Å². The van der Waals surface area contributed by atoms with Gasteiger partial charge in [-0.25, -0.2) is 0 Å². The Balaban J connectivity index is 2.25. The molecule has 0 amide bonds. The smallest absolute Gasteiger partial charge is 0.0857 e. The average molecular weight is 280 g/mol. The molecule has 0 aliphatic carbocycles. The lowest BCUT2D eigenvalue weighted by Crippen LogP contribution is -2.31. The third kappa shape index (κ3) is 3.17. The molecule has 2 rings (SSSR count). The van der Waals surface area contributed by atoms with Crippen molar-refractivity contribution < 1.29 is 0 Å². The quantitative estimate of drug-likeness (QED) is 0.652. The molecule has 19 heavy (non-hydrogen) atoms. The Labute approximate surface area is 117 Å². The molecule has 6 nitrogen and oxygen atoms in total. The van der Waals surface area contributed by atoms with Crippen LogP contribution >= 0.6 is 11.5 Å². The van der Waals surface area contributed by atoms with Crippen LogP contribution in [-0.2, 0) is 18.9 Å². The molecule has 7 heteroatoms. The fourth-order valence-corrected chi connectivity index (χ4v) is 2.88. The zero-order valence-corrected chi connectivity index (χ0v) is 12.5. The van der Waals surface area contributed by atoms with Crippen LogP contribution in [0.5, 0.6) is 0 Å². The van der Waals surface area contributed by atoms with E-state index in [0.29, 0.717) is 0 Å². The first-order valence-electron chi connectivity index (χ1n) is 6.19. The van der Waals surface area contributed by atoms with E-state index in [2.05, 4.69) is 40.9 Å². The topological polar surface area (TPSA) is 81.7 Å². The zero-order chi connectivity index (χ0) is 14.0. The van der Waals surface area contributed by atoms with Crippen LogP contribution in [0.25, 0.3) is 0 Å². The van der Waals surface area contributed by atoms with E-state index >= 15 is 0 Å². The predicted octanol–water partition coefficient (Wildman–Crippen LogP) is 1.32. The molecule has 2 heterocycles. The van der Waals surface area contributed by atoms with Gasteiger partial charge in [-0.1, -0.05) is 25.3 Å². The van der Waals surface area contributed by atoms with Crippen molar-refractivity contribution in [1.82, 2.24) is 24.8 Å². The van der Waals surface area contributed by atoms with Crippen LogP contribution in [0.1, 0.15) is 43.1 Å². The zero-order valence-electron chi connectivity index (χ0n) is 11.7. The first-order chi connectivity index (χ1) is 8.91. The second-order valence-corrected chi connectivity index (χ2v) is 6.43. The van der Waals surface area contributed by atoms with Crippen LogP contribution in [-0.4, -0.2) is 19.4 Å². The molecule has 0 fully saturated rings. The normalized spacial score (nSPS) is 13.7. The van der Waals surface area contributed by atoms with Gasteiger partial charge in [0, 0.05) is 25.1 Å². The van der Waals surface area contributed by atoms with Crippen molar-refractivity contribution in [2.45, 2.75) is 38.6 Å². The van der Waals surface area contributed by atoms with Crippen molar-refractivity contribution in [1.29, 1.82) is 0 Å². The maximum Gasteiger partial charge on any atom is 0.0857 e. The summed E-state index contributed by atoms with van der Waals surface area (Å²) in [4.78, 5) is 1.08. The number of nitrogens with two attached hydrogens (primary N) is 1. The summed E-state index contributed by atoms with van der Waals surface area (Å²) in [5, 5.41) is 8.64. The Kier molecular flexibility index (Phi) is 3.98. The van der Waals surface area contributed by atoms with Gasteiger partial charge < -0.3 is 0 Å². The molecule has 104 valence electrons. The lowest BCUT2D eigenvalue weighted by atomic mass is 9.89. The number of rotatable bonds is 4. The SMILES string of the molecule is Cn1ccc(CC(NN)c2snnc2C(C)(C)C)n1. The molecule has 0 aliphatic rings. The minimum atomic E-state index is -0.0401. The summed E-state index contributed by atoms with van der Waals surface area (Å²) in [5.74, 6) is 5.70. The molecular formula is C12H20N6S. The molecule has 2 aromatic rings. The van der Waals surface area contributed by atoms with E-state index in [-0.39, 0.29) is 11.5 Å². The van der Waals surface area contributed by atoms with E-state index < -0.39 is 0 Å². The van der Waals surface area contributed by atoms with Crippen molar-refractivity contribution >= 4 is 11.5 Å². The van der Waals surface area contributed by atoms with Gasteiger partial charge in [-0.15, -0.1) is 5.10 Å². The van der Waals surface area contributed by atoms with Gasteiger partial charge in [-0.2, -0.15) is 5.10 Å². The Hall–Kier alpha value is -1.31. The summed E-state index contributed by atoms with van der Waals surface area (Å²) in [6.07, 6.45) is 2.66. The van der Waals surface area contributed by atoms with Gasteiger partial charge >= 0.3 is 0 Å². The molecule has 0 radical (unpaired) electrons. The minimum Gasteiger partial charge on any atom is -0.276 e. The van der Waals surface area contributed by atoms with E-state index in [9.17, 15) is 0 Å². The molecule has 0 saturated heterocycles. The Morgan fingerprint density at radius 2 is 2.21 bits per heavy atom. The van der Waals surface area contributed by atoms with Gasteiger partial charge in [0.1, 0.15) is 0 Å². The highest BCUT2D eigenvalue weighted by Crippen LogP contribution is 2.31. The standard InChI is InChI=1S/C12H20N6S/c1-12(2,3)11-10(19-17-15-11)9(14-13)7-8-5-6-18(4)16-8/h5-6,9,14H,7,13H2,1-4H3. The largest absolute Gasteiger partial charge is 0.276 e. The number of aryl methyl sites for hydroxylation is 1. The van der Waals surface area contributed by atoms with Crippen molar-refractivity contribution in [2.75, 3.05) is 0 Å². The second kappa shape index (κ2) is 5.36. The summed E-state index contributed by atoms with van der Waals surface area (Å²) in [6.45, 7) is 6.38. The van der Waals surface area contributed by atoms with Crippen LogP contribution in [0, 0.1) is 0 Å². The van der Waals surface area contributed by atoms with Gasteiger partial charge in [0.25, 0.3) is 0 Å². The highest BCUT2D eigenvalue weighted by atomic mass is 32.1. The molecule has 0 saturated carbocycles. The summed E-state index contributed by atoms with van der Waals surface area (Å²) >= 11 is 1.40. The molecule has 0 spiro atoms. The Morgan fingerprint density at radius 3 is 2.74 bits per heavy atom. The third-order valence-electron chi connectivity index (χ3n) is 2.92. The second-order valence-electron chi connectivity index (χ2n) is 5.64. The molecule has 0 aromatic carbocycles. The molecule has 1 unspecified atom stereocenters. The summed E-state index contributed by atoms with van der Waals surface area (Å²) < 4.78 is 5.86. The summed E-state index contributed by atoms with van der Waals surface area (Å²) in [5.41, 5.74) is 4.81. The van der Waals surface area contributed by atoms with Crippen LogP contribution in [0.2, 0.25) is 0 Å². The number of hydrogen-bond donors (Lipinski definition) is 2. The third-order valence-corrected chi connectivity index (χ3v) is 3.76. The first kappa shape index (κ1) is 14.1. The van der Waals surface area contributed by atoms with E-state index in [1.165, 1.54) is 11.5 Å². The average Bonchev–Trinajstić information content (AvgIpc) is 2.93. The molecule has 3 N–H and O–H groups in total. The van der Waals surface area contributed by atoms with Gasteiger partial charge in [0.2, 0.25) is 0 Å². The number of hydrogen-bond acceptors (Lipinski definition) is 6. The van der Waals surface area contributed by atoms with Crippen molar-refractivity contribution in [2.24, 2.45) is 12.9 Å². The highest BCUT2D eigenvalue weighted by Gasteiger charge is 2.27. The van der Waals surface area contributed by atoms with Gasteiger partial charge in [-0.05, 0) is 17.6 Å². The van der Waals surface area contributed by atoms with Crippen LogP contribution in [0.15, 0.2) is 12.3 Å². The number of nitrogens with one attached hydrogen (secondary N) is 1. The van der Waals surface area contributed by atoms with Crippen LogP contribution < -0.4 is 11.3 Å². The minimum absolute atomic E-state index is 0.0101. The monoisotopic (exact) mass is 280 g/mol. The fraction of sp³-hybridized carbons (Fsp3) is 0.583. The lowest BCUT2D eigenvalue weighted by molar-refractivity contribution is 0.510. The van der Waals surface area contributed by atoms with Gasteiger partial charge in [-0.3, -0.25) is 16.0 Å². The molecular weight excluding hydrogens is 260 g/mol. The van der Waals surface area contributed by atoms with Crippen molar-refractivity contribution in [3.8, 4) is 0 Å². The predicted molar refractivity (Wildman–Crippen MR) is 75.6 cm³/mol. The number of hydrazine groups is 1. The lowest BCUT2D eigenvalue weighted by Gasteiger charge is -2.20. The molecule has 0 aliphatic heterocycles. The number of nitrogens with zero attached hydrogens (tertiary/aromatic N) is 4. The molecule has 1 atom stereocenters. The van der Waals surface area contributed by atoms with E-state index in [1.54, 1.807) is 4.68 Å². The fourth-order valence-electron chi connectivity index (χ4n) is 1.95. The van der Waals surface area contributed by atoms with Crippen molar-refractivity contribution in [3.63, 3.8) is 0 Å². The summed E-state index contributed by atoms with van der Waals surface area (Å²) in [6, 6.07) is 1.99. The van der Waals surface area contributed by atoms with E-state index in [4.69, 9.17) is 5.84 Å². The maximum atomic E-state index is 5.70. The van der Waals surface area contributed by atoms with Gasteiger partial charge in [0.05, 0.1) is 22.3 Å². The molecule has 2 aromatic heterocycles. The first-order valence-corrected chi connectivity index (χ1v) is 6.96. The maximum absolute atomic E-state index is 5.70. The van der Waals surface area contributed by atoms with E-state index in [0.717, 1.165) is 22.7 Å². The van der Waals surface area contributed by atoms with E-state index in [1.807, 2.05) is 19.3 Å².